The standard InChI is InChI=1S/C11H12FNO3/c12-9-3-7(1-2-10(9)14)4-13-5-8(6-13)11(15)16/h1-3,8,14H,4-6H2,(H,15,16). The Kier molecular flexibility index (Phi) is 2.78. The molecule has 86 valence electrons. The number of carbonyl (C=O) groups is 1. The van der Waals surface area contributed by atoms with E-state index in [4.69, 9.17) is 10.2 Å². The van der Waals surface area contributed by atoms with Crippen LogP contribution in [0.1, 0.15) is 5.56 Å². The summed E-state index contributed by atoms with van der Waals surface area (Å²) in [5, 5.41) is 17.7. The molecule has 2 N–H and O–H groups in total. The first kappa shape index (κ1) is 10.9. The number of hydrogen-bond donors (Lipinski definition) is 2. The van der Waals surface area contributed by atoms with Gasteiger partial charge in [-0.2, -0.15) is 0 Å². The van der Waals surface area contributed by atoms with Crippen LogP contribution in [-0.4, -0.2) is 34.2 Å². The average Bonchev–Trinajstić information content (AvgIpc) is 2.15. The van der Waals surface area contributed by atoms with Gasteiger partial charge in [-0.1, -0.05) is 6.07 Å². The Morgan fingerprint density at radius 3 is 2.75 bits per heavy atom. The van der Waals surface area contributed by atoms with Crippen molar-refractivity contribution < 1.29 is 19.4 Å². The van der Waals surface area contributed by atoms with Gasteiger partial charge in [0, 0.05) is 19.6 Å². The summed E-state index contributed by atoms with van der Waals surface area (Å²) in [4.78, 5) is 12.5. The van der Waals surface area contributed by atoms with Crippen molar-refractivity contribution in [2.24, 2.45) is 5.92 Å². The molecule has 2 rings (SSSR count). The lowest BCUT2D eigenvalue weighted by atomic mass is 9.99. The Balaban J connectivity index is 1.91. The van der Waals surface area contributed by atoms with Crippen LogP contribution in [0.5, 0.6) is 5.75 Å². The van der Waals surface area contributed by atoms with E-state index in [0.29, 0.717) is 19.6 Å². The third-order valence-electron chi connectivity index (χ3n) is 2.72. The first-order valence-corrected chi connectivity index (χ1v) is 4.99. The van der Waals surface area contributed by atoms with Gasteiger partial charge in [0.25, 0.3) is 0 Å². The Morgan fingerprint density at radius 1 is 1.50 bits per heavy atom. The fourth-order valence-corrected chi connectivity index (χ4v) is 1.76. The maximum absolute atomic E-state index is 13.0. The zero-order valence-electron chi connectivity index (χ0n) is 8.56. The lowest BCUT2D eigenvalue weighted by molar-refractivity contribution is -0.147. The smallest absolute Gasteiger partial charge is 0.309 e. The number of rotatable bonds is 3. The maximum Gasteiger partial charge on any atom is 0.309 e. The van der Waals surface area contributed by atoms with Crippen LogP contribution < -0.4 is 0 Å². The molecule has 1 fully saturated rings. The summed E-state index contributed by atoms with van der Waals surface area (Å²) >= 11 is 0. The highest BCUT2D eigenvalue weighted by Crippen LogP contribution is 2.21. The van der Waals surface area contributed by atoms with Crippen LogP contribution in [0.25, 0.3) is 0 Å². The maximum atomic E-state index is 13.0. The van der Waals surface area contributed by atoms with Gasteiger partial charge >= 0.3 is 5.97 Å². The minimum atomic E-state index is -0.784. The molecule has 1 heterocycles. The third kappa shape index (κ3) is 2.14. The summed E-state index contributed by atoms with van der Waals surface area (Å²) in [6.07, 6.45) is 0. The Labute approximate surface area is 91.9 Å². The predicted molar refractivity (Wildman–Crippen MR) is 54.5 cm³/mol. The van der Waals surface area contributed by atoms with E-state index in [9.17, 15) is 9.18 Å². The van der Waals surface area contributed by atoms with Gasteiger partial charge in [0.15, 0.2) is 11.6 Å². The second-order valence-corrected chi connectivity index (χ2v) is 4.02. The molecule has 0 saturated carbocycles. The number of benzene rings is 1. The molecule has 0 unspecified atom stereocenters. The number of hydrogen-bond acceptors (Lipinski definition) is 3. The van der Waals surface area contributed by atoms with Gasteiger partial charge < -0.3 is 10.2 Å². The number of nitrogens with zero attached hydrogens (tertiary/aromatic N) is 1. The molecular formula is C11H12FNO3. The van der Waals surface area contributed by atoms with Crippen molar-refractivity contribution in [1.82, 2.24) is 4.90 Å². The van der Waals surface area contributed by atoms with Crippen LogP contribution in [0, 0.1) is 11.7 Å². The predicted octanol–water partition coefficient (Wildman–Crippen LogP) is 1.05. The van der Waals surface area contributed by atoms with Gasteiger partial charge in [-0.25, -0.2) is 4.39 Å². The van der Waals surface area contributed by atoms with E-state index >= 15 is 0 Å². The average molecular weight is 225 g/mol. The highest BCUT2D eigenvalue weighted by molar-refractivity contribution is 5.71. The van der Waals surface area contributed by atoms with Crippen molar-refractivity contribution in [3.63, 3.8) is 0 Å². The zero-order valence-corrected chi connectivity index (χ0v) is 8.56. The summed E-state index contributed by atoms with van der Waals surface area (Å²) in [7, 11) is 0. The van der Waals surface area contributed by atoms with Crippen molar-refractivity contribution in [2.75, 3.05) is 13.1 Å². The largest absolute Gasteiger partial charge is 0.505 e. The summed E-state index contributed by atoms with van der Waals surface area (Å²) < 4.78 is 13.0. The van der Waals surface area contributed by atoms with E-state index in [1.165, 1.54) is 12.1 Å². The number of phenols is 1. The van der Waals surface area contributed by atoms with E-state index in [1.54, 1.807) is 6.07 Å². The van der Waals surface area contributed by atoms with Crippen LogP contribution in [-0.2, 0) is 11.3 Å². The first-order valence-electron chi connectivity index (χ1n) is 4.99. The number of carboxylic acids is 1. The summed E-state index contributed by atoms with van der Waals surface area (Å²) in [6.45, 7) is 1.51. The Hall–Kier alpha value is -1.62. The number of aromatic hydroxyl groups is 1. The fourth-order valence-electron chi connectivity index (χ4n) is 1.76. The quantitative estimate of drug-likeness (QED) is 0.807. The molecule has 1 aliphatic heterocycles. The monoisotopic (exact) mass is 225 g/mol. The molecule has 0 atom stereocenters. The van der Waals surface area contributed by atoms with Crippen molar-refractivity contribution in [1.29, 1.82) is 0 Å². The van der Waals surface area contributed by atoms with E-state index < -0.39 is 11.8 Å². The van der Waals surface area contributed by atoms with Gasteiger partial charge in [0.2, 0.25) is 0 Å². The van der Waals surface area contributed by atoms with Crippen LogP contribution in [0.15, 0.2) is 18.2 Å². The van der Waals surface area contributed by atoms with E-state index in [0.717, 1.165) is 5.56 Å². The number of likely N-dealkylation sites (tertiary alicyclic amines) is 1. The van der Waals surface area contributed by atoms with Gasteiger partial charge in [-0.3, -0.25) is 9.69 Å². The summed E-state index contributed by atoms with van der Waals surface area (Å²) in [5.41, 5.74) is 0.735. The molecule has 0 amide bonds. The number of carboxylic acid groups (broad SMARTS) is 1. The number of aliphatic carboxylic acids is 1. The third-order valence-corrected chi connectivity index (χ3v) is 2.72. The van der Waals surface area contributed by atoms with Gasteiger partial charge in [-0.05, 0) is 17.7 Å². The Bertz CT molecular complexity index is 416. The minimum absolute atomic E-state index is 0.304. The molecule has 1 aromatic rings. The van der Waals surface area contributed by atoms with Gasteiger partial charge in [0.1, 0.15) is 0 Å². The van der Waals surface area contributed by atoms with Crippen molar-refractivity contribution in [2.45, 2.75) is 6.54 Å². The molecule has 0 spiro atoms. The van der Waals surface area contributed by atoms with Crippen molar-refractivity contribution in [3.8, 4) is 5.75 Å². The zero-order chi connectivity index (χ0) is 11.7. The second-order valence-electron chi connectivity index (χ2n) is 4.02. The van der Waals surface area contributed by atoms with E-state index in [2.05, 4.69) is 0 Å². The van der Waals surface area contributed by atoms with Crippen molar-refractivity contribution in [3.05, 3.63) is 29.6 Å². The second kappa shape index (κ2) is 4.09. The lowest BCUT2D eigenvalue weighted by Crippen LogP contribution is -2.49. The van der Waals surface area contributed by atoms with Crippen molar-refractivity contribution >= 4 is 5.97 Å². The number of phenolic OH excluding ortho intramolecular Hbond substituents is 1. The first-order chi connectivity index (χ1) is 7.56. The molecule has 4 nitrogen and oxygen atoms in total. The summed E-state index contributed by atoms with van der Waals surface area (Å²) in [6, 6.07) is 4.20. The molecule has 5 heteroatoms. The lowest BCUT2D eigenvalue weighted by Gasteiger charge is -2.36. The molecule has 16 heavy (non-hydrogen) atoms. The fraction of sp³-hybridized carbons (Fsp3) is 0.364. The highest BCUT2D eigenvalue weighted by atomic mass is 19.1. The molecule has 1 aromatic carbocycles. The molecule has 0 radical (unpaired) electrons. The van der Waals surface area contributed by atoms with Crippen LogP contribution in [0.4, 0.5) is 4.39 Å². The molecular weight excluding hydrogens is 213 g/mol. The van der Waals surface area contributed by atoms with Gasteiger partial charge in [0.05, 0.1) is 5.92 Å². The molecule has 1 aliphatic rings. The molecule has 0 aromatic heterocycles. The molecule has 1 saturated heterocycles. The SMILES string of the molecule is O=C(O)C1CN(Cc2ccc(O)c(F)c2)C1. The molecule has 0 bridgehead atoms. The van der Waals surface area contributed by atoms with Crippen LogP contribution in [0.2, 0.25) is 0 Å². The number of halogens is 1. The highest BCUT2D eigenvalue weighted by Gasteiger charge is 2.32. The van der Waals surface area contributed by atoms with Gasteiger partial charge in [-0.15, -0.1) is 0 Å². The Morgan fingerprint density at radius 2 is 2.19 bits per heavy atom. The normalized spacial score (nSPS) is 17.1. The van der Waals surface area contributed by atoms with Crippen LogP contribution in [0.3, 0.4) is 0 Å². The van der Waals surface area contributed by atoms with Crippen LogP contribution >= 0.6 is 0 Å². The minimum Gasteiger partial charge on any atom is -0.505 e. The van der Waals surface area contributed by atoms with E-state index in [1.807, 2.05) is 4.90 Å². The molecule has 0 aliphatic carbocycles. The van der Waals surface area contributed by atoms with E-state index in [-0.39, 0.29) is 11.7 Å². The summed E-state index contributed by atoms with van der Waals surface area (Å²) in [5.74, 6) is -2.10. The topological polar surface area (TPSA) is 60.8 Å².